The predicted octanol–water partition coefficient (Wildman–Crippen LogP) is 2.92. The number of nitrogens with zero attached hydrogens (tertiary/aromatic N) is 2. The molecule has 4 aliphatic rings. The highest BCUT2D eigenvalue weighted by Gasteiger charge is 2.52. The number of anilines is 1. The number of rotatable bonds is 5. The van der Waals surface area contributed by atoms with Crippen molar-refractivity contribution in [3.05, 3.63) is 42.2 Å². The molecule has 0 aliphatic heterocycles. The SMILES string of the molecule is Cn1ccc(C(=O)Nc2ccc(S(=O)(=O)NC34CC5CC(CC(C5)C3)C4)cc2)n1. The van der Waals surface area contributed by atoms with Crippen LogP contribution >= 0.6 is 0 Å². The van der Waals surface area contributed by atoms with E-state index in [1.165, 1.54) is 19.3 Å². The van der Waals surface area contributed by atoms with Gasteiger partial charge in [-0.2, -0.15) is 5.10 Å². The summed E-state index contributed by atoms with van der Waals surface area (Å²) in [5.74, 6) is 1.70. The van der Waals surface area contributed by atoms with Crippen molar-refractivity contribution in [2.45, 2.75) is 49.0 Å². The number of carbonyl (C=O) groups is 1. The molecule has 1 heterocycles. The van der Waals surface area contributed by atoms with E-state index >= 15 is 0 Å². The van der Waals surface area contributed by atoms with Gasteiger partial charge in [0.15, 0.2) is 5.69 Å². The quantitative estimate of drug-likeness (QED) is 0.787. The minimum Gasteiger partial charge on any atom is -0.321 e. The van der Waals surface area contributed by atoms with E-state index in [1.54, 1.807) is 48.3 Å². The van der Waals surface area contributed by atoms with E-state index in [1.807, 2.05) is 0 Å². The summed E-state index contributed by atoms with van der Waals surface area (Å²) in [6.45, 7) is 0. The molecule has 2 aromatic rings. The van der Waals surface area contributed by atoms with Crippen molar-refractivity contribution in [3.8, 4) is 0 Å². The fraction of sp³-hybridized carbons (Fsp3) is 0.524. The normalized spacial score (nSPS) is 30.4. The lowest BCUT2D eigenvalue weighted by atomic mass is 9.53. The van der Waals surface area contributed by atoms with Crippen molar-refractivity contribution in [3.63, 3.8) is 0 Å². The molecule has 2 N–H and O–H groups in total. The van der Waals surface area contributed by atoms with Crippen LogP contribution in [0.2, 0.25) is 0 Å². The summed E-state index contributed by atoms with van der Waals surface area (Å²) in [6, 6.07) is 7.97. The maximum Gasteiger partial charge on any atom is 0.276 e. The van der Waals surface area contributed by atoms with Gasteiger partial charge in [0.2, 0.25) is 10.0 Å². The zero-order valence-electron chi connectivity index (χ0n) is 16.5. The molecular weight excluding hydrogens is 388 g/mol. The number of nitrogens with one attached hydrogen (secondary N) is 2. The highest BCUT2D eigenvalue weighted by molar-refractivity contribution is 7.89. The fourth-order valence-electron chi connectivity index (χ4n) is 6.03. The summed E-state index contributed by atoms with van der Waals surface area (Å²) in [7, 11) is -1.85. The van der Waals surface area contributed by atoms with Gasteiger partial charge < -0.3 is 5.32 Å². The molecule has 8 heteroatoms. The number of amides is 1. The monoisotopic (exact) mass is 414 g/mol. The van der Waals surface area contributed by atoms with Gasteiger partial charge in [-0.3, -0.25) is 9.48 Å². The summed E-state index contributed by atoms with van der Waals surface area (Å²) in [4.78, 5) is 12.4. The van der Waals surface area contributed by atoms with Crippen LogP contribution < -0.4 is 10.0 Å². The van der Waals surface area contributed by atoms with Crippen LogP contribution in [0.4, 0.5) is 5.69 Å². The van der Waals surface area contributed by atoms with Gasteiger partial charge in [-0.1, -0.05) is 0 Å². The van der Waals surface area contributed by atoms with E-state index in [0.29, 0.717) is 29.1 Å². The molecule has 0 saturated heterocycles. The van der Waals surface area contributed by atoms with Crippen molar-refractivity contribution in [1.29, 1.82) is 0 Å². The number of hydrogen-bond acceptors (Lipinski definition) is 4. The molecule has 6 rings (SSSR count). The van der Waals surface area contributed by atoms with Gasteiger partial charge in [-0.25, -0.2) is 13.1 Å². The number of aryl methyl sites for hydroxylation is 1. The Hall–Kier alpha value is -2.19. The summed E-state index contributed by atoms with van der Waals surface area (Å²) < 4.78 is 30.8. The molecule has 4 saturated carbocycles. The van der Waals surface area contributed by atoms with E-state index < -0.39 is 10.0 Å². The molecule has 4 fully saturated rings. The van der Waals surface area contributed by atoms with Crippen molar-refractivity contribution < 1.29 is 13.2 Å². The Labute approximate surface area is 170 Å². The third-order valence-electron chi connectivity index (χ3n) is 6.76. The van der Waals surface area contributed by atoms with Crippen LogP contribution in [0.25, 0.3) is 0 Å². The topological polar surface area (TPSA) is 93.1 Å². The number of sulfonamides is 1. The summed E-state index contributed by atoms with van der Waals surface area (Å²) in [5, 5.41) is 6.81. The Balaban J connectivity index is 1.30. The second-order valence-electron chi connectivity index (χ2n) is 9.16. The largest absolute Gasteiger partial charge is 0.321 e. The molecule has 4 aliphatic carbocycles. The lowest BCUT2D eigenvalue weighted by Gasteiger charge is -2.56. The molecule has 154 valence electrons. The maximum atomic E-state index is 13.1. The first kappa shape index (κ1) is 18.8. The average Bonchev–Trinajstić information content (AvgIpc) is 3.07. The summed E-state index contributed by atoms with van der Waals surface area (Å²) in [6.07, 6.45) is 8.41. The third-order valence-corrected chi connectivity index (χ3v) is 8.35. The van der Waals surface area contributed by atoms with Crippen LogP contribution in [0.1, 0.15) is 49.0 Å². The minimum atomic E-state index is -3.60. The molecule has 4 bridgehead atoms. The van der Waals surface area contributed by atoms with E-state index in [9.17, 15) is 13.2 Å². The van der Waals surface area contributed by atoms with E-state index in [2.05, 4.69) is 15.1 Å². The van der Waals surface area contributed by atoms with Crippen LogP contribution in [0.3, 0.4) is 0 Å². The van der Waals surface area contributed by atoms with Crippen LogP contribution in [-0.4, -0.2) is 29.6 Å². The van der Waals surface area contributed by atoms with Crippen LogP contribution in [0.15, 0.2) is 41.4 Å². The zero-order valence-corrected chi connectivity index (χ0v) is 17.3. The molecule has 1 aromatic heterocycles. The fourth-order valence-corrected chi connectivity index (χ4v) is 7.46. The number of hydrogen-bond donors (Lipinski definition) is 2. The first-order chi connectivity index (χ1) is 13.8. The van der Waals surface area contributed by atoms with Gasteiger partial charge in [0.25, 0.3) is 5.91 Å². The molecule has 0 unspecified atom stereocenters. The summed E-state index contributed by atoms with van der Waals surface area (Å²) >= 11 is 0. The molecule has 1 amide bonds. The van der Waals surface area contributed by atoms with Crippen LogP contribution in [-0.2, 0) is 17.1 Å². The van der Waals surface area contributed by atoms with E-state index in [-0.39, 0.29) is 16.3 Å². The second kappa shape index (κ2) is 6.67. The number of benzene rings is 1. The molecule has 29 heavy (non-hydrogen) atoms. The lowest BCUT2D eigenvalue weighted by molar-refractivity contribution is -0.00810. The number of carbonyl (C=O) groups excluding carboxylic acids is 1. The average molecular weight is 415 g/mol. The Morgan fingerprint density at radius 1 is 1.03 bits per heavy atom. The Bertz CT molecular complexity index is 1010. The van der Waals surface area contributed by atoms with Gasteiger partial charge in [0.1, 0.15) is 0 Å². The molecule has 0 spiro atoms. The highest BCUT2D eigenvalue weighted by Crippen LogP contribution is 2.55. The van der Waals surface area contributed by atoms with E-state index in [0.717, 1.165) is 19.3 Å². The smallest absolute Gasteiger partial charge is 0.276 e. The lowest BCUT2D eigenvalue weighted by Crippen LogP contribution is -2.59. The summed E-state index contributed by atoms with van der Waals surface area (Å²) in [5.41, 5.74) is 0.585. The standard InChI is InChI=1S/C21H26N4O3S/c1-25-7-6-19(23-25)20(26)22-17-2-4-18(5-3-17)29(27,28)24-21-11-14-8-15(12-21)10-16(9-14)13-21/h2-7,14-16,24H,8-13H2,1H3,(H,22,26). The minimum absolute atomic E-state index is 0.240. The van der Waals surface area contributed by atoms with Crippen molar-refractivity contribution in [2.75, 3.05) is 5.32 Å². The van der Waals surface area contributed by atoms with Crippen LogP contribution in [0, 0.1) is 17.8 Å². The van der Waals surface area contributed by atoms with Gasteiger partial charge in [0.05, 0.1) is 4.90 Å². The maximum absolute atomic E-state index is 13.1. The predicted molar refractivity (Wildman–Crippen MR) is 109 cm³/mol. The van der Waals surface area contributed by atoms with Gasteiger partial charge in [0, 0.05) is 24.5 Å². The first-order valence-corrected chi connectivity index (χ1v) is 11.7. The van der Waals surface area contributed by atoms with Crippen molar-refractivity contribution in [2.24, 2.45) is 24.8 Å². The van der Waals surface area contributed by atoms with Crippen molar-refractivity contribution >= 4 is 21.6 Å². The molecule has 0 atom stereocenters. The Morgan fingerprint density at radius 2 is 1.62 bits per heavy atom. The molecular formula is C21H26N4O3S. The van der Waals surface area contributed by atoms with Gasteiger partial charge in [-0.05, 0) is 86.6 Å². The second-order valence-corrected chi connectivity index (χ2v) is 10.8. The zero-order chi connectivity index (χ0) is 20.2. The molecule has 7 nitrogen and oxygen atoms in total. The van der Waals surface area contributed by atoms with Gasteiger partial charge >= 0.3 is 0 Å². The molecule has 0 radical (unpaired) electrons. The molecule has 1 aromatic carbocycles. The Morgan fingerprint density at radius 3 is 2.14 bits per heavy atom. The number of aromatic nitrogens is 2. The third kappa shape index (κ3) is 3.59. The van der Waals surface area contributed by atoms with Crippen LogP contribution in [0.5, 0.6) is 0 Å². The van der Waals surface area contributed by atoms with Gasteiger partial charge in [-0.15, -0.1) is 0 Å². The Kier molecular flexibility index (Phi) is 4.33. The van der Waals surface area contributed by atoms with E-state index in [4.69, 9.17) is 0 Å². The highest BCUT2D eigenvalue weighted by atomic mass is 32.2. The van der Waals surface area contributed by atoms with Crippen molar-refractivity contribution in [1.82, 2.24) is 14.5 Å². The first-order valence-electron chi connectivity index (χ1n) is 10.3.